The smallest absolute Gasteiger partial charge is 0.138 e. The number of hydrogen-bond donors (Lipinski definition) is 1. The molecule has 0 spiro atoms. The van der Waals surface area contributed by atoms with Gasteiger partial charge < -0.3 is 10.1 Å². The molecule has 0 atom stereocenters. The van der Waals surface area contributed by atoms with Gasteiger partial charge in [0.2, 0.25) is 0 Å². The summed E-state index contributed by atoms with van der Waals surface area (Å²) in [5, 5.41) is 6.99. The van der Waals surface area contributed by atoms with Crippen molar-refractivity contribution in [1.29, 1.82) is 0 Å². The highest BCUT2D eigenvalue weighted by Crippen LogP contribution is 2.26. The fourth-order valence-corrected chi connectivity index (χ4v) is 2.52. The summed E-state index contributed by atoms with van der Waals surface area (Å²) in [6.45, 7) is 6.31. The van der Waals surface area contributed by atoms with Gasteiger partial charge in [0.25, 0.3) is 0 Å². The van der Waals surface area contributed by atoms with Crippen LogP contribution in [0.25, 0.3) is 0 Å². The highest BCUT2D eigenvalue weighted by atomic mass is 35.5. The zero-order valence-corrected chi connectivity index (χ0v) is 12.6. The molecule has 0 aliphatic carbocycles. The Balaban J connectivity index is 1.94. The number of halogens is 1. The Hall–Kier alpha value is -1.10. The number of nitrogens with one attached hydrogen (secondary N) is 1. The summed E-state index contributed by atoms with van der Waals surface area (Å²) in [4.78, 5) is 4.50. The average Bonchev–Trinajstić information content (AvgIpc) is 2.85. The minimum absolute atomic E-state index is 0.450. The first-order valence-electron chi connectivity index (χ1n) is 6.22. The van der Waals surface area contributed by atoms with Crippen molar-refractivity contribution in [3.8, 4) is 5.75 Å². The molecule has 0 radical (unpaired) electrons. The molecule has 0 unspecified atom stereocenters. The number of aromatic nitrogens is 1. The summed E-state index contributed by atoms with van der Waals surface area (Å²) in [5.41, 5.74) is 2.07. The fourth-order valence-electron chi connectivity index (χ4n) is 1.60. The molecule has 1 heterocycles. The Morgan fingerprint density at radius 2 is 2.26 bits per heavy atom. The van der Waals surface area contributed by atoms with Crippen LogP contribution >= 0.6 is 22.9 Å². The molecule has 0 aliphatic heterocycles. The summed E-state index contributed by atoms with van der Waals surface area (Å²) in [6.07, 6.45) is 0. The quantitative estimate of drug-likeness (QED) is 0.880. The number of benzene rings is 1. The van der Waals surface area contributed by atoms with Gasteiger partial charge in [-0.1, -0.05) is 24.6 Å². The third-order valence-electron chi connectivity index (χ3n) is 2.59. The molecule has 0 saturated heterocycles. The number of ether oxygens (including phenoxy) is 1. The fraction of sp³-hybridized carbons (Fsp3) is 0.357. The molecule has 1 aromatic carbocycles. The molecule has 0 amide bonds. The summed E-state index contributed by atoms with van der Waals surface area (Å²) in [5.74, 6) is 0.711. The van der Waals surface area contributed by atoms with Crippen LogP contribution in [0.2, 0.25) is 5.02 Å². The van der Waals surface area contributed by atoms with E-state index in [1.165, 1.54) is 0 Å². The first-order valence-corrected chi connectivity index (χ1v) is 7.47. The standard InChI is InChI=1S/C14H17ClN2OS/c1-3-16-7-14-17-11(9-19-14)8-18-13-6-10(2)4-5-12(13)15/h4-6,9,16H,3,7-8H2,1-2H3. The van der Waals surface area contributed by atoms with E-state index in [-0.39, 0.29) is 0 Å². The van der Waals surface area contributed by atoms with Crippen molar-refractivity contribution in [2.45, 2.75) is 27.0 Å². The zero-order chi connectivity index (χ0) is 13.7. The van der Waals surface area contributed by atoms with E-state index in [4.69, 9.17) is 16.3 Å². The first-order chi connectivity index (χ1) is 9.19. The molecule has 0 fully saturated rings. The predicted molar refractivity (Wildman–Crippen MR) is 80.0 cm³/mol. The molecule has 2 aromatic rings. The Bertz CT molecular complexity index is 542. The van der Waals surface area contributed by atoms with Crippen molar-refractivity contribution in [2.24, 2.45) is 0 Å². The van der Waals surface area contributed by atoms with Crippen molar-refractivity contribution < 1.29 is 4.74 Å². The van der Waals surface area contributed by atoms with E-state index in [1.54, 1.807) is 11.3 Å². The highest BCUT2D eigenvalue weighted by Gasteiger charge is 2.05. The lowest BCUT2D eigenvalue weighted by atomic mass is 10.2. The summed E-state index contributed by atoms with van der Waals surface area (Å²) in [7, 11) is 0. The van der Waals surface area contributed by atoms with Crippen LogP contribution in [0.3, 0.4) is 0 Å². The molecule has 102 valence electrons. The van der Waals surface area contributed by atoms with Crippen LogP contribution in [0.1, 0.15) is 23.2 Å². The normalized spacial score (nSPS) is 10.7. The van der Waals surface area contributed by atoms with Crippen LogP contribution in [-0.4, -0.2) is 11.5 Å². The Labute approximate surface area is 122 Å². The second-order valence-electron chi connectivity index (χ2n) is 4.24. The van der Waals surface area contributed by atoms with Gasteiger partial charge in [-0.15, -0.1) is 11.3 Å². The topological polar surface area (TPSA) is 34.2 Å². The molecule has 1 N–H and O–H groups in total. The number of thiazole rings is 1. The maximum atomic E-state index is 6.08. The van der Waals surface area contributed by atoms with Crippen LogP contribution in [0.4, 0.5) is 0 Å². The van der Waals surface area contributed by atoms with E-state index >= 15 is 0 Å². The van der Waals surface area contributed by atoms with Gasteiger partial charge >= 0.3 is 0 Å². The minimum atomic E-state index is 0.450. The highest BCUT2D eigenvalue weighted by molar-refractivity contribution is 7.09. The number of hydrogen-bond acceptors (Lipinski definition) is 4. The van der Waals surface area contributed by atoms with Crippen LogP contribution in [0.15, 0.2) is 23.6 Å². The van der Waals surface area contributed by atoms with Gasteiger partial charge in [-0.05, 0) is 31.2 Å². The van der Waals surface area contributed by atoms with E-state index in [9.17, 15) is 0 Å². The molecule has 0 saturated carbocycles. The summed E-state index contributed by atoms with van der Waals surface area (Å²) < 4.78 is 5.71. The summed E-state index contributed by atoms with van der Waals surface area (Å²) >= 11 is 7.73. The second-order valence-corrected chi connectivity index (χ2v) is 5.59. The van der Waals surface area contributed by atoms with E-state index in [0.29, 0.717) is 17.4 Å². The van der Waals surface area contributed by atoms with E-state index < -0.39 is 0 Å². The van der Waals surface area contributed by atoms with Crippen molar-refractivity contribution in [2.75, 3.05) is 6.54 Å². The molecule has 3 nitrogen and oxygen atoms in total. The lowest BCUT2D eigenvalue weighted by Gasteiger charge is -2.07. The largest absolute Gasteiger partial charge is 0.486 e. The van der Waals surface area contributed by atoms with Gasteiger partial charge in [-0.25, -0.2) is 4.98 Å². The third kappa shape index (κ3) is 4.20. The molecular weight excluding hydrogens is 280 g/mol. The van der Waals surface area contributed by atoms with Crippen LogP contribution < -0.4 is 10.1 Å². The minimum Gasteiger partial charge on any atom is -0.486 e. The van der Waals surface area contributed by atoms with Gasteiger partial charge in [0.15, 0.2) is 0 Å². The zero-order valence-electron chi connectivity index (χ0n) is 11.1. The van der Waals surface area contributed by atoms with Crippen LogP contribution in [0, 0.1) is 6.92 Å². The monoisotopic (exact) mass is 296 g/mol. The second kappa shape index (κ2) is 6.89. The van der Waals surface area contributed by atoms with Crippen molar-refractivity contribution >= 4 is 22.9 Å². The summed E-state index contributed by atoms with van der Waals surface area (Å²) in [6, 6.07) is 5.75. The number of nitrogens with zero attached hydrogens (tertiary/aromatic N) is 1. The number of aryl methyl sites for hydroxylation is 1. The Morgan fingerprint density at radius 1 is 1.42 bits per heavy atom. The maximum Gasteiger partial charge on any atom is 0.138 e. The van der Waals surface area contributed by atoms with Crippen LogP contribution in [0.5, 0.6) is 5.75 Å². The first kappa shape index (κ1) is 14.3. The van der Waals surface area contributed by atoms with Crippen molar-refractivity contribution in [3.63, 3.8) is 0 Å². The van der Waals surface area contributed by atoms with Crippen molar-refractivity contribution in [3.05, 3.63) is 44.9 Å². The van der Waals surface area contributed by atoms with E-state index in [1.807, 2.05) is 30.5 Å². The van der Waals surface area contributed by atoms with Gasteiger partial charge in [-0.2, -0.15) is 0 Å². The molecular formula is C14H17ClN2OS. The van der Waals surface area contributed by atoms with Gasteiger partial charge in [-0.3, -0.25) is 0 Å². The lowest BCUT2D eigenvalue weighted by Crippen LogP contribution is -2.11. The molecule has 0 bridgehead atoms. The number of rotatable bonds is 6. The molecule has 2 rings (SSSR count). The molecule has 0 aliphatic rings. The average molecular weight is 297 g/mol. The van der Waals surface area contributed by atoms with Gasteiger partial charge in [0.1, 0.15) is 17.4 Å². The van der Waals surface area contributed by atoms with E-state index in [2.05, 4.69) is 17.2 Å². The van der Waals surface area contributed by atoms with E-state index in [0.717, 1.165) is 29.4 Å². The van der Waals surface area contributed by atoms with Crippen molar-refractivity contribution in [1.82, 2.24) is 10.3 Å². The molecule has 1 aromatic heterocycles. The molecule has 5 heteroatoms. The Morgan fingerprint density at radius 3 is 3.05 bits per heavy atom. The maximum absolute atomic E-state index is 6.08. The van der Waals surface area contributed by atoms with Gasteiger partial charge in [0.05, 0.1) is 10.7 Å². The lowest BCUT2D eigenvalue weighted by molar-refractivity contribution is 0.302. The molecule has 19 heavy (non-hydrogen) atoms. The van der Waals surface area contributed by atoms with Crippen LogP contribution in [-0.2, 0) is 13.2 Å². The Kier molecular flexibility index (Phi) is 5.19. The third-order valence-corrected chi connectivity index (χ3v) is 3.80. The predicted octanol–water partition coefficient (Wildman–Crippen LogP) is 3.79. The SMILES string of the molecule is CCNCc1nc(COc2cc(C)ccc2Cl)cs1. The van der Waals surface area contributed by atoms with Gasteiger partial charge in [0, 0.05) is 11.9 Å².